The molecule has 1 aliphatic carbocycles. The molecule has 0 saturated heterocycles. The van der Waals surface area contributed by atoms with Gasteiger partial charge in [0.05, 0.1) is 5.54 Å². The van der Waals surface area contributed by atoms with E-state index < -0.39 is 11.1 Å². The first-order chi connectivity index (χ1) is 14.3. The molecular weight excluding hydrogens is 398 g/mol. The van der Waals surface area contributed by atoms with E-state index in [-0.39, 0.29) is 17.0 Å². The van der Waals surface area contributed by atoms with Gasteiger partial charge in [0.25, 0.3) is 5.56 Å². The second kappa shape index (κ2) is 7.82. The largest absolute Gasteiger partial charge is 0.321 e. The predicted octanol–water partition coefficient (Wildman–Crippen LogP) is 4.27. The molecule has 0 unspecified atom stereocenters. The van der Waals surface area contributed by atoms with E-state index in [4.69, 9.17) is 17.3 Å². The molecule has 5 nitrogen and oxygen atoms in total. The van der Waals surface area contributed by atoms with E-state index in [1.54, 1.807) is 12.1 Å². The summed E-state index contributed by atoms with van der Waals surface area (Å²) in [5, 5.41) is 5.13. The van der Waals surface area contributed by atoms with E-state index in [9.17, 15) is 9.59 Å². The van der Waals surface area contributed by atoms with Crippen LogP contribution in [0.1, 0.15) is 54.2 Å². The maximum atomic E-state index is 12.8. The maximum Gasteiger partial charge on any atom is 0.267 e. The van der Waals surface area contributed by atoms with Crippen LogP contribution in [-0.2, 0) is 11.1 Å². The molecule has 2 N–H and O–H groups in total. The third-order valence-corrected chi connectivity index (χ3v) is 6.43. The normalized spacial score (nSPS) is 23.8. The molecule has 2 aromatic carbocycles. The number of rotatable bonds is 4. The summed E-state index contributed by atoms with van der Waals surface area (Å²) in [7, 11) is 0. The lowest BCUT2D eigenvalue weighted by atomic mass is 9.70. The van der Waals surface area contributed by atoms with E-state index >= 15 is 0 Å². The fraction of sp³-hybridized carbons (Fsp3) is 0.292. The van der Waals surface area contributed by atoms with Crippen molar-refractivity contribution in [3.63, 3.8) is 0 Å². The molecule has 4 rings (SSSR count). The Bertz CT molecular complexity index is 1130. The number of benzene rings is 2. The first kappa shape index (κ1) is 20.5. The zero-order valence-corrected chi connectivity index (χ0v) is 17.6. The van der Waals surface area contributed by atoms with Crippen molar-refractivity contribution in [1.82, 2.24) is 9.78 Å². The number of carbonyl (C=O) groups excluding carboxylic acids is 1. The van der Waals surface area contributed by atoms with Gasteiger partial charge in [0.15, 0.2) is 0 Å². The highest BCUT2D eigenvalue weighted by molar-refractivity contribution is 6.30. The summed E-state index contributed by atoms with van der Waals surface area (Å²) in [4.78, 5) is 25.5. The van der Waals surface area contributed by atoms with Crippen LogP contribution in [0.4, 0.5) is 0 Å². The molecular formula is C24H24ClN3O2. The molecule has 6 heteroatoms. The van der Waals surface area contributed by atoms with E-state index in [0.29, 0.717) is 36.3 Å². The lowest BCUT2D eigenvalue weighted by molar-refractivity contribution is 0.102. The van der Waals surface area contributed by atoms with Gasteiger partial charge in [-0.2, -0.15) is 5.10 Å². The summed E-state index contributed by atoms with van der Waals surface area (Å²) in [6, 6.07) is 19.5. The molecule has 1 aliphatic rings. The third kappa shape index (κ3) is 3.83. The summed E-state index contributed by atoms with van der Waals surface area (Å²) in [5.41, 5.74) is 7.32. The van der Waals surface area contributed by atoms with Gasteiger partial charge < -0.3 is 5.73 Å². The van der Waals surface area contributed by atoms with E-state index in [2.05, 4.69) is 5.10 Å². The molecule has 154 valence electrons. The molecule has 0 amide bonds. The molecule has 1 fully saturated rings. The number of ketones is 1. The van der Waals surface area contributed by atoms with Crippen LogP contribution < -0.4 is 11.3 Å². The Hall–Kier alpha value is -2.76. The zero-order chi connectivity index (χ0) is 21.4. The van der Waals surface area contributed by atoms with Gasteiger partial charge in [0.2, 0.25) is 5.78 Å². The lowest BCUT2D eigenvalue weighted by Gasteiger charge is -2.43. The molecule has 0 bridgehead atoms. The number of hydrogen-bond donors (Lipinski definition) is 1. The van der Waals surface area contributed by atoms with Crippen molar-refractivity contribution in [1.29, 1.82) is 0 Å². The first-order valence-corrected chi connectivity index (χ1v) is 10.4. The summed E-state index contributed by atoms with van der Waals surface area (Å²) in [5.74, 6) is -0.198. The Morgan fingerprint density at radius 2 is 1.70 bits per heavy atom. The Morgan fingerprint density at radius 3 is 2.37 bits per heavy atom. The highest BCUT2D eigenvalue weighted by Crippen LogP contribution is 2.42. The summed E-state index contributed by atoms with van der Waals surface area (Å²) in [6.45, 7) is 2.01. The smallest absolute Gasteiger partial charge is 0.267 e. The second-order valence-electron chi connectivity index (χ2n) is 8.33. The Morgan fingerprint density at radius 1 is 1.00 bits per heavy atom. The molecule has 1 heterocycles. The molecule has 0 spiro atoms. The fourth-order valence-corrected chi connectivity index (χ4v) is 4.38. The minimum Gasteiger partial charge on any atom is -0.321 e. The van der Waals surface area contributed by atoms with Crippen LogP contribution in [0.3, 0.4) is 0 Å². The Labute approximate surface area is 180 Å². The van der Waals surface area contributed by atoms with Crippen molar-refractivity contribution in [3.8, 4) is 0 Å². The van der Waals surface area contributed by atoms with Crippen molar-refractivity contribution in [2.45, 2.75) is 43.7 Å². The first-order valence-electron chi connectivity index (χ1n) is 10.1. The van der Waals surface area contributed by atoms with Gasteiger partial charge in [-0.25, -0.2) is 4.68 Å². The molecule has 0 radical (unpaired) electrons. The van der Waals surface area contributed by atoms with Gasteiger partial charge in [0.1, 0.15) is 5.69 Å². The summed E-state index contributed by atoms with van der Waals surface area (Å²) < 4.78 is 1.47. The number of aromatic nitrogens is 2. The molecule has 1 aromatic heterocycles. The van der Waals surface area contributed by atoms with Gasteiger partial charge in [-0.1, -0.05) is 54.1 Å². The average molecular weight is 422 g/mol. The van der Waals surface area contributed by atoms with Crippen molar-refractivity contribution in [2.24, 2.45) is 5.73 Å². The quantitative estimate of drug-likeness (QED) is 0.638. The van der Waals surface area contributed by atoms with Crippen LogP contribution in [0.15, 0.2) is 71.5 Å². The molecule has 30 heavy (non-hydrogen) atoms. The van der Waals surface area contributed by atoms with E-state index in [1.807, 2.05) is 49.4 Å². The molecule has 0 atom stereocenters. The number of nitrogens with two attached hydrogens (primary N) is 1. The van der Waals surface area contributed by atoms with E-state index in [0.717, 1.165) is 5.56 Å². The van der Waals surface area contributed by atoms with Gasteiger partial charge >= 0.3 is 0 Å². The Kier molecular flexibility index (Phi) is 5.35. The standard InChI is InChI=1S/C24H24ClN3O2/c1-23(12-14-24(26,15-13-23)18-8-5-9-19(25)16-18)28-21(29)11-10-20(27-28)22(30)17-6-3-2-4-7-17/h2-11,16H,12-15,26H2,1H3. The van der Waals surface area contributed by atoms with Crippen LogP contribution in [0, 0.1) is 0 Å². The van der Waals surface area contributed by atoms with Crippen LogP contribution in [0.5, 0.6) is 0 Å². The van der Waals surface area contributed by atoms with Crippen molar-refractivity contribution < 1.29 is 4.79 Å². The minimum absolute atomic E-state index is 0.198. The molecule has 3 aromatic rings. The topological polar surface area (TPSA) is 78.0 Å². The van der Waals surface area contributed by atoms with Gasteiger partial charge in [-0.15, -0.1) is 0 Å². The van der Waals surface area contributed by atoms with Crippen molar-refractivity contribution in [3.05, 3.63) is 98.9 Å². The third-order valence-electron chi connectivity index (χ3n) is 6.20. The van der Waals surface area contributed by atoms with Crippen LogP contribution in [0.2, 0.25) is 5.02 Å². The van der Waals surface area contributed by atoms with Crippen LogP contribution in [0.25, 0.3) is 0 Å². The van der Waals surface area contributed by atoms with Crippen LogP contribution >= 0.6 is 11.6 Å². The summed E-state index contributed by atoms with van der Waals surface area (Å²) in [6.07, 6.45) is 2.72. The Balaban J connectivity index is 1.61. The second-order valence-corrected chi connectivity index (χ2v) is 8.76. The van der Waals surface area contributed by atoms with E-state index in [1.165, 1.54) is 16.8 Å². The highest BCUT2D eigenvalue weighted by atomic mass is 35.5. The fourth-order valence-electron chi connectivity index (χ4n) is 4.19. The maximum absolute atomic E-state index is 12.8. The number of hydrogen-bond acceptors (Lipinski definition) is 4. The highest BCUT2D eigenvalue weighted by Gasteiger charge is 2.41. The number of halogens is 1. The van der Waals surface area contributed by atoms with Crippen molar-refractivity contribution in [2.75, 3.05) is 0 Å². The predicted molar refractivity (Wildman–Crippen MR) is 118 cm³/mol. The zero-order valence-electron chi connectivity index (χ0n) is 16.8. The molecule has 1 saturated carbocycles. The molecule has 0 aliphatic heterocycles. The average Bonchev–Trinajstić information content (AvgIpc) is 2.76. The summed E-state index contributed by atoms with van der Waals surface area (Å²) >= 11 is 6.15. The monoisotopic (exact) mass is 421 g/mol. The SMILES string of the molecule is CC1(n2nc(C(=O)c3ccccc3)ccc2=O)CCC(N)(c2cccc(Cl)c2)CC1. The lowest BCUT2D eigenvalue weighted by Crippen LogP contribution is -2.49. The number of carbonyl (C=O) groups is 1. The van der Waals surface area contributed by atoms with Gasteiger partial charge in [0, 0.05) is 22.2 Å². The number of nitrogens with zero attached hydrogens (tertiary/aromatic N) is 2. The van der Waals surface area contributed by atoms with Gasteiger partial charge in [-0.05, 0) is 56.4 Å². The van der Waals surface area contributed by atoms with Crippen molar-refractivity contribution >= 4 is 17.4 Å². The van der Waals surface area contributed by atoms with Gasteiger partial charge in [-0.3, -0.25) is 9.59 Å². The minimum atomic E-state index is -0.508. The van der Waals surface area contributed by atoms with Crippen LogP contribution in [-0.4, -0.2) is 15.6 Å².